The Bertz CT molecular complexity index is 457. The van der Waals surface area contributed by atoms with Crippen LogP contribution in [0.4, 0.5) is 0 Å². The van der Waals surface area contributed by atoms with E-state index in [9.17, 15) is 0 Å². The van der Waals surface area contributed by atoms with Crippen LogP contribution in [0.2, 0.25) is 0 Å². The molecule has 0 aliphatic carbocycles. The molecule has 0 amide bonds. The van der Waals surface area contributed by atoms with Crippen LogP contribution < -0.4 is 4.74 Å². The predicted octanol–water partition coefficient (Wildman–Crippen LogP) is 2.75. The molecule has 2 rings (SSSR count). The summed E-state index contributed by atoms with van der Waals surface area (Å²) < 4.78 is 7.38. The maximum atomic E-state index is 5.22. The van der Waals surface area contributed by atoms with Gasteiger partial charge >= 0.3 is 0 Å². The van der Waals surface area contributed by atoms with Crippen molar-refractivity contribution in [2.45, 2.75) is 13.3 Å². The van der Waals surface area contributed by atoms with Crippen LogP contribution in [0.15, 0.2) is 24.4 Å². The highest BCUT2D eigenvalue weighted by molar-refractivity contribution is 5.85. The standard InChI is InChI=1S/C12H15NO/c1-4-9-8-13(2)12-6-5-10(14-3)7-11(9)12/h5-8H,4H2,1-3H3. The molecular weight excluding hydrogens is 174 g/mol. The van der Waals surface area contributed by atoms with Gasteiger partial charge in [0, 0.05) is 24.1 Å². The smallest absolute Gasteiger partial charge is 0.119 e. The normalized spacial score (nSPS) is 10.8. The number of ether oxygens (including phenoxy) is 1. The van der Waals surface area contributed by atoms with E-state index in [1.165, 1.54) is 16.5 Å². The number of aryl methyl sites for hydroxylation is 2. The molecule has 2 nitrogen and oxygen atoms in total. The summed E-state index contributed by atoms with van der Waals surface area (Å²) in [5, 5.41) is 1.30. The van der Waals surface area contributed by atoms with Gasteiger partial charge in [0.05, 0.1) is 7.11 Å². The maximum absolute atomic E-state index is 5.22. The lowest BCUT2D eigenvalue weighted by atomic mass is 10.1. The minimum absolute atomic E-state index is 0.929. The summed E-state index contributed by atoms with van der Waals surface area (Å²) in [6.07, 6.45) is 3.24. The number of hydrogen-bond donors (Lipinski definition) is 0. The first kappa shape index (κ1) is 9.13. The fraction of sp³-hybridized carbons (Fsp3) is 0.333. The number of rotatable bonds is 2. The van der Waals surface area contributed by atoms with Crippen molar-refractivity contribution < 1.29 is 4.74 Å². The van der Waals surface area contributed by atoms with Crippen molar-refractivity contribution >= 4 is 10.9 Å². The molecule has 74 valence electrons. The van der Waals surface area contributed by atoms with E-state index in [0.717, 1.165) is 12.2 Å². The van der Waals surface area contributed by atoms with Crippen molar-refractivity contribution in [3.8, 4) is 5.75 Å². The second-order valence-electron chi connectivity index (χ2n) is 3.50. The van der Waals surface area contributed by atoms with Gasteiger partial charge in [-0.25, -0.2) is 0 Å². The fourth-order valence-corrected chi connectivity index (χ4v) is 1.86. The Balaban J connectivity index is 2.71. The van der Waals surface area contributed by atoms with E-state index in [-0.39, 0.29) is 0 Å². The van der Waals surface area contributed by atoms with Gasteiger partial charge < -0.3 is 9.30 Å². The molecule has 0 spiro atoms. The largest absolute Gasteiger partial charge is 0.497 e. The second kappa shape index (κ2) is 3.37. The van der Waals surface area contributed by atoms with Crippen molar-refractivity contribution in [2.24, 2.45) is 7.05 Å². The molecule has 2 heteroatoms. The summed E-state index contributed by atoms with van der Waals surface area (Å²) in [5.41, 5.74) is 2.64. The second-order valence-corrected chi connectivity index (χ2v) is 3.50. The van der Waals surface area contributed by atoms with E-state index >= 15 is 0 Å². The third kappa shape index (κ3) is 1.27. The van der Waals surface area contributed by atoms with Crippen LogP contribution in [0.5, 0.6) is 5.75 Å². The molecule has 0 atom stereocenters. The number of fused-ring (bicyclic) bond motifs is 1. The van der Waals surface area contributed by atoms with Gasteiger partial charge in [-0.3, -0.25) is 0 Å². The van der Waals surface area contributed by atoms with Crippen LogP contribution in [-0.4, -0.2) is 11.7 Å². The Morgan fingerprint density at radius 1 is 1.36 bits per heavy atom. The zero-order valence-corrected chi connectivity index (χ0v) is 8.87. The number of hydrogen-bond acceptors (Lipinski definition) is 1. The van der Waals surface area contributed by atoms with Crippen molar-refractivity contribution in [1.82, 2.24) is 4.57 Å². The Kier molecular flexibility index (Phi) is 2.20. The van der Waals surface area contributed by atoms with Crippen LogP contribution in [0, 0.1) is 0 Å². The lowest BCUT2D eigenvalue weighted by molar-refractivity contribution is 0.415. The Hall–Kier alpha value is -1.44. The lowest BCUT2D eigenvalue weighted by Gasteiger charge is -2.01. The van der Waals surface area contributed by atoms with Crippen LogP contribution in [0.25, 0.3) is 10.9 Å². The Morgan fingerprint density at radius 3 is 2.79 bits per heavy atom. The first-order valence-corrected chi connectivity index (χ1v) is 4.88. The molecule has 1 aromatic carbocycles. The average Bonchev–Trinajstić information content (AvgIpc) is 2.55. The van der Waals surface area contributed by atoms with E-state index < -0.39 is 0 Å². The van der Waals surface area contributed by atoms with E-state index in [0.29, 0.717) is 0 Å². The van der Waals surface area contributed by atoms with Gasteiger partial charge in [0.15, 0.2) is 0 Å². The molecule has 1 heterocycles. The van der Waals surface area contributed by atoms with Crippen LogP contribution in [0.3, 0.4) is 0 Å². The number of aromatic nitrogens is 1. The quantitative estimate of drug-likeness (QED) is 0.708. The number of methoxy groups -OCH3 is 1. The van der Waals surface area contributed by atoms with Crippen molar-refractivity contribution in [3.05, 3.63) is 30.0 Å². The van der Waals surface area contributed by atoms with E-state index in [1.54, 1.807) is 7.11 Å². The van der Waals surface area contributed by atoms with E-state index in [1.807, 2.05) is 6.07 Å². The molecular formula is C12H15NO. The monoisotopic (exact) mass is 189 g/mol. The summed E-state index contributed by atoms with van der Waals surface area (Å²) in [7, 11) is 3.78. The third-order valence-electron chi connectivity index (χ3n) is 2.66. The van der Waals surface area contributed by atoms with Gasteiger partial charge in [-0.05, 0) is 30.2 Å². The molecule has 2 aromatic rings. The molecule has 0 N–H and O–H groups in total. The van der Waals surface area contributed by atoms with Gasteiger partial charge in [-0.15, -0.1) is 0 Å². The first-order valence-electron chi connectivity index (χ1n) is 4.88. The Labute approximate surface area is 84.1 Å². The SMILES string of the molecule is CCc1cn(C)c2ccc(OC)cc12. The molecule has 0 radical (unpaired) electrons. The van der Waals surface area contributed by atoms with Crippen molar-refractivity contribution in [3.63, 3.8) is 0 Å². The zero-order chi connectivity index (χ0) is 10.1. The van der Waals surface area contributed by atoms with E-state index in [4.69, 9.17) is 4.74 Å². The summed E-state index contributed by atoms with van der Waals surface area (Å²) in [4.78, 5) is 0. The minimum atomic E-state index is 0.929. The molecule has 0 unspecified atom stereocenters. The molecule has 0 aliphatic heterocycles. The molecule has 0 saturated carbocycles. The highest BCUT2D eigenvalue weighted by Gasteiger charge is 2.05. The highest BCUT2D eigenvalue weighted by atomic mass is 16.5. The third-order valence-corrected chi connectivity index (χ3v) is 2.66. The molecule has 0 fully saturated rings. The van der Waals surface area contributed by atoms with Crippen LogP contribution in [-0.2, 0) is 13.5 Å². The Morgan fingerprint density at radius 2 is 2.14 bits per heavy atom. The summed E-state index contributed by atoms with van der Waals surface area (Å²) in [6.45, 7) is 2.17. The summed E-state index contributed by atoms with van der Waals surface area (Å²) in [6, 6.07) is 6.21. The highest BCUT2D eigenvalue weighted by Crippen LogP contribution is 2.25. The molecule has 0 aliphatic rings. The summed E-state index contributed by atoms with van der Waals surface area (Å²) >= 11 is 0. The predicted molar refractivity (Wildman–Crippen MR) is 58.8 cm³/mol. The number of nitrogens with zero attached hydrogens (tertiary/aromatic N) is 1. The van der Waals surface area contributed by atoms with E-state index in [2.05, 4.69) is 36.9 Å². The van der Waals surface area contributed by atoms with Crippen LogP contribution >= 0.6 is 0 Å². The topological polar surface area (TPSA) is 14.2 Å². The fourth-order valence-electron chi connectivity index (χ4n) is 1.86. The molecule has 1 aromatic heterocycles. The molecule has 14 heavy (non-hydrogen) atoms. The van der Waals surface area contributed by atoms with Crippen molar-refractivity contribution in [1.29, 1.82) is 0 Å². The van der Waals surface area contributed by atoms with Gasteiger partial charge in [0.25, 0.3) is 0 Å². The molecule has 0 bridgehead atoms. The average molecular weight is 189 g/mol. The zero-order valence-electron chi connectivity index (χ0n) is 8.87. The van der Waals surface area contributed by atoms with Gasteiger partial charge in [0.1, 0.15) is 5.75 Å². The molecule has 0 saturated heterocycles. The lowest BCUT2D eigenvalue weighted by Crippen LogP contribution is -1.85. The maximum Gasteiger partial charge on any atom is 0.119 e. The van der Waals surface area contributed by atoms with Gasteiger partial charge in [0.2, 0.25) is 0 Å². The van der Waals surface area contributed by atoms with Crippen molar-refractivity contribution in [2.75, 3.05) is 7.11 Å². The van der Waals surface area contributed by atoms with Crippen LogP contribution in [0.1, 0.15) is 12.5 Å². The number of benzene rings is 1. The first-order chi connectivity index (χ1) is 6.76. The van der Waals surface area contributed by atoms with Gasteiger partial charge in [-0.1, -0.05) is 6.92 Å². The van der Waals surface area contributed by atoms with Gasteiger partial charge in [-0.2, -0.15) is 0 Å². The minimum Gasteiger partial charge on any atom is -0.497 e. The summed E-state index contributed by atoms with van der Waals surface area (Å²) in [5.74, 6) is 0.929.